The Morgan fingerprint density at radius 1 is 1.10 bits per heavy atom. The van der Waals surface area contributed by atoms with Crippen molar-refractivity contribution in [1.29, 1.82) is 0 Å². The lowest BCUT2D eigenvalue weighted by Gasteiger charge is -2.12. The summed E-state index contributed by atoms with van der Waals surface area (Å²) in [6.07, 6.45) is 4.53. The van der Waals surface area contributed by atoms with Gasteiger partial charge in [0.2, 0.25) is 0 Å². The minimum atomic E-state index is -1.10. The number of nitrogens with one attached hydrogen (secondary N) is 2. The van der Waals surface area contributed by atoms with Crippen LogP contribution in [0.3, 0.4) is 0 Å². The van der Waals surface area contributed by atoms with Crippen molar-refractivity contribution in [3.05, 3.63) is 58.1 Å². The van der Waals surface area contributed by atoms with Gasteiger partial charge in [0.15, 0.2) is 5.11 Å². The number of unbranched alkanes of at least 4 members (excludes halogenated alkanes) is 3. The van der Waals surface area contributed by atoms with Gasteiger partial charge in [0.1, 0.15) is 5.75 Å². The zero-order chi connectivity index (χ0) is 21.2. The maximum absolute atomic E-state index is 12.4. The normalized spacial score (nSPS) is 10.3. The number of carboxylic acids is 1. The van der Waals surface area contributed by atoms with E-state index in [1.807, 2.05) is 0 Å². The van der Waals surface area contributed by atoms with Crippen LogP contribution in [0.1, 0.15) is 53.3 Å². The number of carbonyl (C=O) groups excluding carboxylic acids is 1. The SMILES string of the molecule is CCCCCCOc1ccc(C(=O)NC(=S)Nc2ccc(Br)cc2C(=O)O)cc1. The highest BCUT2D eigenvalue weighted by Gasteiger charge is 2.13. The molecule has 0 aliphatic carbocycles. The third-order valence-corrected chi connectivity index (χ3v) is 4.77. The van der Waals surface area contributed by atoms with Gasteiger partial charge >= 0.3 is 5.97 Å². The summed E-state index contributed by atoms with van der Waals surface area (Å²) < 4.78 is 6.29. The predicted octanol–water partition coefficient (Wildman–Crippen LogP) is 5.23. The zero-order valence-electron chi connectivity index (χ0n) is 16.0. The third kappa shape index (κ3) is 7.47. The monoisotopic (exact) mass is 478 g/mol. The number of anilines is 1. The molecule has 0 unspecified atom stereocenters. The smallest absolute Gasteiger partial charge is 0.337 e. The van der Waals surface area contributed by atoms with Crippen LogP contribution in [-0.4, -0.2) is 28.7 Å². The molecule has 2 rings (SSSR count). The van der Waals surface area contributed by atoms with Crippen molar-refractivity contribution in [2.24, 2.45) is 0 Å². The van der Waals surface area contributed by atoms with Crippen molar-refractivity contribution in [3.63, 3.8) is 0 Å². The molecule has 0 heterocycles. The number of rotatable bonds is 9. The molecule has 0 aliphatic rings. The Kier molecular flexibility index (Phi) is 9.08. The van der Waals surface area contributed by atoms with E-state index in [9.17, 15) is 14.7 Å². The van der Waals surface area contributed by atoms with Crippen molar-refractivity contribution in [3.8, 4) is 5.75 Å². The van der Waals surface area contributed by atoms with Crippen LogP contribution in [-0.2, 0) is 0 Å². The summed E-state index contributed by atoms with van der Waals surface area (Å²) >= 11 is 8.37. The van der Waals surface area contributed by atoms with E-state index in [0.29, 0.717) is 22.4 Å². The Morgan fingerprint density at radius 2 is 1.83 bits per heavy atom. The standard InChI is InChI=1S/C21H23BrN2O4S/c1-2-3-4-5-12-28-16-9-6-14(7-10-16)19(25)24-21(29)23-18-11-8-15(22)13-17(18)20(26)27/h6-11,13H,2-5,12H2,1H3,(H,26,27)(H2,23,24,25,29). The molecule has 0 radical (unpaired) electrons. The van der Waals surface area contributed by atoms with E-state index in [-0.39, 0.29) is 16.4 Å². The lowest BCUT2D eigenvalue weighted by atomic mass is 10.2. The zero-order valence-corrected chi connectivity index (χ0v) is 18.4. The lowest BCUT2D eigenvalue weighted by Crippen LogP contribution is -2.34. The fraction of sp³-hybridized carbons (Fsp3) is 0.286. The van der Waals surface area contributed by atoms with Gasteiger partial charge < -0.3 is 15.2 Å². The molecule has 2 aromatic rings. The second-order valence-corrected chi connectivity index (χ2v) is 7.66. The number of hydrogen-bond acceptors (Lipinski definition) is 4. The molecule has 154 valence electrons. The van der Waals surface area contributed by atoms with Crippen LogP contribution < -0.4 is 15.4 Å². The number of carbonyl (C=O) groups is 2. The van der Waals surface area contributed by atoms with E-state index in [1.54, 1.807) is 36.4 Å². The van der Waals surface area contributed by atoms with Crippen LogP contribution in [0.15, 0.2) is 46.9 Å². The van der Waals surface area contributed by atoms with Gasteiger partial charge in [-0.1, -0.05) is 42.1 Å². The molecule has 6 nitrogen and oxygen atoms in total. The average Bonchev–Trinajstić information content (AvgIpc) is 2.69. The van der Waals surface area contributed by atoms with Gasteiger partial charge in [0, 0.05) is 10.0 Å². The predicted molar refractivity (Wildman–Crippen MR) is 121 cm³/mol. The largest absolute Gasteiger partial charge is 0.494 e. The molecule has 2 aromatic carbocycles. The lowest BCUT2D eigenvalue weighted by molar-refractivity contribution is 0.0697. The van der Waals surface area contributed by atoms with Gasteiger partial charge in [-0.15, -0.1) is 0 Å². The van der Waals surface area contributed by atoms with Crippen LogP contribution in [0.4, 0.5) is 5.69 Å². The summed E-state index contributed by atoms with van der Waals surface area (Å²) in [6.45, 7) is 2.81. The third-order valence-electron chi connectivity index (χ3n) is 4.07. The molecule has 0 fully saturated rings. The maximum atomic E-state index is 12.4. The first-order chi connectivity index (χ1) is 13.9. The molecule has 0 bridgehead atoms. The topological polar surface area (TPSA) is 87.7 Å². The van der Waals surface area contributed by atoms with E-state index in [4.69, 9.17) is 17.0 Å². The molecular formula is C21H23BrN2O4S. The highest BCUT2D eigenvalue weighted by Crippen LogP contribution is 2.21. The van der Waals surface area contributed by atoms with Crippen molar-refractivity contribution in [2.45, 2.75) is 32.6 Å². The number of halogens is 1. The maximum Gasteiger partial charge on any atom is 0.337 e. The fourth-order valence-corrected chi connectivity index (χ4v) is 3.12. The first-order valence-electron chi connectivity index (χ1n) is 9.28. The van der Waals surface area contributed by atoms with E-state index in [1.165, 1.54) is 18.9 Å². The molecular weight excluding hydrogens is 456 g/mol. The fourth-order valence-electron chi connectivity index (χ4n) is 2.55. The number of carboxylic acid groups (broad SMARTS) is 1. The number of hydrogen-bond donors (Lipinski definition) is 3. The number of amides is 1. The van der Waals surface area contributed by atoms with Crippen LogP contribution >= 0.6 is 28.1 Å². The van der Waals surface area contributed by atoms with Crippen LogP contribution in [0.25, 0.3) is 0 Å². The molecule has 0 spiro atoms. The van der Waals surface area contributed by atoms with Gasteiger partial charge in [0.25, 0.3) is 5.91 Å². The second kappa shape index (κ2) is 11.5. The van der Waals surface area contributed by atoms with Crippen LogP contribution in [0, 0.1) is 0 Å². The van der Waals surface area contributed by atoms with Gasteiger partial charge in [-0.3, -0.25) is 10.1 Å². The molecule has 3 N–H and O–H groups in total. The summed E-state index contributed by atoms with van der Waals surface area (Å²) in [5.74, 6) is -0.793. The summed E-state index contributed by atoms with van der Waals surface area (Å²) in [5, 5.41) is 14.6. The number of benzene rings is 2. The van der Waals surface area contributed by atoms with Crippen LogP contribution in [0.5, 0.6) is 5.75 Å². The quantitative estimate of drug-likeness (QED) is 0.337. The summed E-state index contributed by atoms with van der Waals surface area (Å²) in [6, 6.07) is 11.5. The number of aromatic carboxylic acids is 1. The van der Waals surface area contributed by atoms with E-state index >= 15 is 0 Å². The minimum Gasteiger partial charge on any atom is -0.494 e. The van der Waals surface area contributed by atoms with E-state index < -0.39 is 11.9 Å². The Labute approximate surface area is 183 Å². The molecule has 8 heteroatoms. The highest BCUT2D eigenvalue weighted by atomic mass is 79.9. The van der Waals surface area contributed by atoms with E-state index in [2.05, 4.69) is 33.5 Å². The number of thiocarbonyl (C=S) groups is 1. The minimum absolute atomic E-state index is 0.0103. The molecule has 0 atom stereocenters. The highest BCUT2D eigenvalue weighted by molar-refractivity contribution is 9.10. The van der Waals surface area contributed by atoms with Crippen LogP contribution in [0.2, 0.25) is 0 Å². The van der Waals surface area contributed by atoms with Gasteiger partial charge in [-0.05, 0) is 61.1 Å². The Hall–Kier alpha value is -2.45. The van der Waals surface area contributed by atoms with Gasteiger partial charge in [0.05, 0.1) is 17.9 Å². The first kappa shape index (κ1) is 22.8. The molecule has 1 amide bonds. The average molecular weight is 479 g/mol. The summed E-state index contributed by atoms with van der Waals surface area (Å²) in [4.78, 5) is 23.7. The van der Waals surface area contributed by atoms with Crippen molar-refractivity contribution in [1.82, 2.24) is 5.32 Å². The van der Waals surface area contributed by atoms with Crippen molar-refractivity contribution in [2.75, 3.05) is 11.9 Å². The first-order valence-corrected chi connectivity index (χ1v) is 10.5. The molecule has 0 aliphatic heterocycles. The molecule has 0 saturated carbocycles. The van der Waals surface area contributed by atoms with Gasteiger partial charge in [-0.2, -0.15) is 0 Å². The summed E-state index contributed by atoms with van der Waals surface area (Å²) in [5.41, 5.74) is 0.746. The Balaban J connectivity index is 1.90. The Morgan fingerprint density at radius 3 is 2.48 bits per heavy atom. The van der Waals surface area contributed by atoms with Crippen molar-refractivity contribution < 1.29 is 19.4 Å². The molecule has 0 saturated heterocycles. The summed E-state index contributed by atoms with van der Waals surface area (Å²) in [7, 11) is 0. The Bertz CT molecular complexity index is 871. The number of ether oxygens (including phenoxy) is 1. The second-order valence-electron chi connectivity index (χ2n) is 6.34. The van der Waals surface area contributed by atoms with E-state index in [0.717, 1.165) is 12.8 Å². The molecule has 0 aromatic heterocycles. The molecule has 29 heavy (non-hydrogen) atoms. The van der Waals surface area contributed by atoms with Gasteiger partial charge in [-0.25, -0.2) is 4.79 Å². The van der Waals surface area contributed by atoms with Crippen molar-refractivity contribution >= 4 is 50.8 Å².